The molecular weight excluding hydrogens is 222 g/mol. The Kier molecular flexibility index (Phi) is 2.61. The second kappa shape index (κ2) is 4.09. The molecule has 0 saturated heterocycles. The lowest BCUT2D eigenvalue weighted by molar-refractivity contribution is -0.599. The Hall–Kier alpha value is -2.63. The Bertz CT molecular complexity index is 570. The van der Waals surface area contributed by atoms with E-state index in [4.69, 9.17) is 10.8 Å². The summed E-state index contributed by atoms with van der Waals surface area (Å²) < 4.78 is 0.229. The molecule has 17 heavy (non-hydrogen) atoms. The fraction of sp³-hybridized carbons (Fsp3) is 0. The average Bonchev–Trinajstić information content (AvgIpc) is 2.30. The number of carbonyl (C=O) groups is 1. The summed E-state index contributed by atoms with van der Waals surface area (Å²) in [7, 11) is 0. The van der Waals surface area contributed by atoms with Gasteiger partial charge in [-0.15, -0.1) is 0 Å². The van der Waals surface area contributed by atoms with Gasteiger partial charge in [-0.3, -0.25) is 0 Å². The molecule has 0 aliphatic heterocycles. The minimum absolute atomic E-state index is 0.0954. The van der Waals surface area contributed by atoms with Crippen molar-refractivity contribution in [2.75, 3.05) is 5.73 Å². The van der Waals surface area contributed by atoms with Gasteiger partial charge < -0.3 is 16.0 Å². The first-order chi connectivity index (χ1) is 8.11. The number of aromatic carboxylic acids is 1. The highest BCUT2D eigenvalue weighted by molar-refractivity contribution is 5.82. The first-order valence-electron chi connectivity index (χ1n) is 4.78. The van der Waals surface area contributed by atoms with Crippen LogP contribution < -0.4 is 10.5 Å². The third-order valence-electron chi connectivity index (χ3n) is 2.23. The zero-order valence-corrected chi connectivity index (χ0v) is 8.70. The summed E-state index contributed by atoms with van der Waals surface area (Å²) in [5.74, 6) is -1.99. The zero-order valence-electron chi connectivity index (χ0n) is 8.70. The van der Waals surface area contributed by atoms with E-state index in [1.807, 2.05) is 0 Å². The van der Waals surface area contributed by atoms with E-state index in [1.54, 1.807) is 30.3 Å². The number of aromatic nitrogens is 2. The molecule has 6 heteroatoms. The number of hydrogen-bond acceptors (Lipinski definition) is 4. The lowest BCUT2D eigenvalue weighted by Gasteiger charge is -2.11. The van der Waals surface area contributed by atoms with Crippen LogP contribution in [-0.2, 0) is 0 Å². The molecule has 1 aromatic heterocycles. The molecule has 6 nitrogen and oxygen atoms in total. The van der Waals surface area contributed by atoms with E-state index >= 15 is 0 Å². The van der Waals surface area contributed by atoms with Gasteiger partial charge in [0.05, 0.1) is 0 Å². The number of nitrogens with zero attached hydrogens (tertiary/aromatic N) is 2. The van der Waals surface area contributed by atoms with Gasteiger partial charge in [0.2, 0.25) is 0 Å². The molecule has 1 aromatic carbocycles. The van der Waals surface area contributed by atoms with Crippen molar-refractivity contribution < 1.29 is 14.6 Å². The molecule has 0 saturated carbocycles. The van der Waals surface area contributed by atoms with E-state index < -0.39 is 11.8 Å². The minimum Gasteiger partial charge on any atom is -0.710 e. The van der Waals surface area contributed by atoms with Crippen molar-refractivity contribution in [3.8, 4) is 11.3 Å². The second-order valence-corrected chi connectivity index (χ2v) is 3.35. The van der Waals surface area contributed by atoms with Crippen LogP contribution in [0.25, 0.3) is 11.3 Å². The lowest BCUT2D eigenvalue weighted by atomic mass is 10.1. The summed E-state index contributed by atoms with van der Waals surface area (Å²) in [6.07, 6.45) is 1.17. The van der Waals surface area contributed by atoms with Gasteiger partial charge in [0.1, 0.15) is 5.69 Å². The van der Waals surface area contributed by atoms with E-state index in [2.05, 4.69) is 4.98 Å². The Morgan fingerprint density at radius 3 is 2.59 bits per heavy atom. The van der Waals surface area contributed by atoms with Gasteiger partial charge >= 0.3 is 11.8 Å². The zero-order chi connectivity index (χ0) is 12.4. The van der Waals surface area contributed by atoms with Crippen LogP contribution in [0.1, 0.15) is 10.6 Å². The number of carboxylic acid groups (broad SMARTS) is 1. The van der Waals surface area contributed by atoms with Crippen molar-refractivity contribution in [3.05, 3.63) is 47.6 Å². The number of anilines is 1. The van der Waals surface area contributed by atoms with E-state index in [0.717, 1.165) is 0 Å². The molecule has 3 N–H and O–H groups in total. The van der Waals surface area contributed by atoms with Crippen LogP contribution >= 0.6 is 0 Å². The summed E-state index contributed by atoms with van der Waals surface area (Å²) in [5.41, 5.74) is 6.42. The summed E-state index contributed by atoms with van der Waals surface area (Å²) in [6, 6.07) is 8.59. The topological polar surface area (TPSA) is 103 Å². The maximum atomic E-state index is 11.8. The lowest BCUT2D eigenvalue weighted by Crippen LogP contribution is -2.39. The van der Waals surface area contributed by atoms with Gasteiger partial charge in [0.15, 0.2) is 11.9 Å². The van der Waals surface area contributed by atoms with Crippen LogP contribution in [0.2, 0.25) is 0 Å². The summed E-state index contributed by atoms with van der Waals surface area (Å²) in [5, 5.41) is 20.6. The molecule has 1 heterocycles. The maximum absolute atomic E-state index is 11.8. The van der Waals surface area contributed by atoms with Crippen LogP contribution in [0.4, 0.5) is 5.69 Å². The Morgan fingerprint density at radius 2 is 2.00 bits per heavy atom. The number of hydrogen-bond donors (Lipinski definition) is 2. The minimum atomic E-state index is -1.39. The Balaban J connectivity index is 2.69. The van der Waals surface area contributed by atoms with Crippen LogP contribution in [0, 0.1) is 5.21 Å². The molecule has 0 aliphatic carbocycles. The summed E-state index contributed by atoms with van der Waals surface area (Å²) >= 11 is 0. The number of nitrogens with two attached hydrogens (primary N) is 1. The highest BCUT2D eigenvalue weighted by atomic mass is 16.5. The monoisotopic (exact) mass is 231 g/mol. The SMILES string of the molecule is Nc1cnc(C(=O)O)[n+]([O-])c1-c1ccccc1. The quantitative estimate of drug-likeness (QED) is 0.583. The van der Waals surface area contributed by atoms with E-state index in [9.17, 15) is 10.0 Å². The molecule has 0 amide bonds. The normalized spacial score (nSPS) is 10.1. The van der Waals surface area contributed by atoms with Crippen molar-refractivity contribution in [3.63, 3.8) is 0 Å². The molecule has 86 valence electrons. The number of benzene rings is 1. The van der Waals surface area contributed by atoms with Crippen LogP contribution in [0.5, 0.6) is 0 Å². The van der Waals surface area contributed by atoms with Gasteiger partial charge in [0.25, 0.3) is 0 Å². The molecule has 0 aliphatic rings. The van der Waals surface area contributed by atoms with Crippen LogP contribution in [0.15, 0.2) is 36.5 Å². The van der Waals surface area contributed by atoms with Crippen LogP contribution in [0.3, 0.4) is 0 Å². The van der Waals surface area contributed by atoms with Crippen LogP contribution in [-0.4, -0.2) is 16.1 Å². The third kappa shape index (κ3) is 1.87. The van der Waals surface area contributed by atoms with E-state index in [1.165, 1.54) is 6.20 Å². The molecular formula is C11H9N3O3. The van der Waals surface area contributed by atoms with Gasteiger partial charge in [-0.25, -0.2) is 9.52 Å². The summed E-state index contributed by atoms with van der Waals surface area (Å²) in [6.45, 7) is 0. The molecule has 0 unspecified atom stereocenters. The Morgan fingerprint density at radius 1 is 1.35 bits per heavy atom. The van der Waals surface area contributed by atoms with E-state index in [0.29, 0.717) is 5.56 Å². The van der Waals surface area contributed by atoms with Crippen molar-refractivity contribution >= 4 is 11.7 Å². The van der Waals surface area contributed by atoms with E-state index in [-0.39, 0.29) is 16.1 Å². The number of rotatable bonds is 2. The van der Waals surface area contributed by atoms with Crippen molar-refractivity contribution in [2.45, 2.75) is 0 Å². The van der Waals surface area contributed by atoms with Crippen molar-refractivity contribution in [1.29, 1.82) is 0 Å². The number of carboxylic acids is 1. The second-order valence-electron chi connectivity index (χ2n) is 3.35. The molecule has 0 bridgehead atoms. The fourth-order valence-corrected chi connectivity index (χ4v) is 1.49. The van der Waals surface area contributed by atoms with Gasteiger partial charge in [-0.05, 0) is 4.98 Å². The highest BCUT2D eigenvalue weighted by Crippen LogP contribution is 2.20. The summed E-state index contributed by atoms with van der Waals surface area (Å²) in [4.78, 5) is 14.3. The van der Waals surface area contributed by atoms with Gasteiger partial charge in [-0.2, -0.15) is 0 Å². The van der Waals surface area contributed by atoms with Gasteiger partial charge in [-0.1, -0.05) is 30.3 Å². The highest BCUT2D eigenvalue weighted by Gasteiger charge is 2.22. The largest absolute Gasteiger partial charge is 0.710 e. The molecule has 0 fully saturated rings. The van der Waals surface area contributed by atoms with Crippen molar-refractivity contribution in [2.24, 2.45) is 0 Å². The molecule has 0 radical (unpaired) electrons. The maximum Gasteiger partial charge on any atom is 0.424 e. The molecule has 2 rings (SSSR count). The predicted octanol–water partition coefficient (Wildman–Crippen LogP) is 0.662. The molecule has 2 aromatic rings. The average molecular weight is 231 g/mol. The van der Waals surface area contributed by atoms with Gasteiger partial charge in [0, 0.05) is 5.56 Å². The first-order valence-corrected chi connectivity index (χ1v) is 4.78. The first kappa shape index (κ1) is 10.9. The third-order valence-corrected chi connectivity index (χ3v) is 2.23. The standard InChI is InChI=1S/C11H9N3O3/c12-8-6-13-10(11(15)16)14(17)9(8)7-4-2-1-3-5-7/h1-6H,12H2,(H,15,16). The van der Waals surface area contributed by atoms with Crippen molar-refractivity contribution in [1.82, 2.24) is 4.98 Å². The number of nitrogen functional groups attached to an aromatic ring is 1. The predicted molar refractivity (Wildman–Crippen MR) is 60.0 cm³/mol. The fourth-order valence-electron chi connectivity index (χ4n) is 1.49. The Labute approximate surface area is 96.5 Å². The molecule has 0 spiro atoms. The smallest absolute Gasteiger partial charge is 0.424 e. The molecule has 0 atom stereocenters.